The first-order valence-electron chi connectivity index (χ1n) is 1.58. The average Bonchev–Trinajstić information content (AvgIpc) is 0.722. The van der Waals surface area contributed by atoms with Crippen LogP contribution in [0.2, 0.25) is 0 Å². The predicted octanol–water partition coefficient (Wildman–Crippen LogP) is 1.53. The third kappa shape index (κ3) is 71.6. The minimum Gasteiger partial charge on any atom is -0.328 e. The molecular formula is C4H9AuS. The monoisotopic (exact) mass is 286 g/mol. The molecule has 0 nitrogen and oxygen atoms in total. The summed E-state index contributed by atoms with van der Waals surface area (Å²) < 4.78 is -0.0556. The Morgan fingerprint density at radius 1 is 1.50 bits per heavy atom. The van der Waals surface area contributed by atoms with Crippen LogP contribution in [0.4, 0.5) is 0 Å². The minimum atomic E-state index is -0.0556. The van der Waals surface area contributed by atoms with Gasteiger partial charge in [-0.1, -0.05) is 13.8 Å². The Hall–Kier alpha value is 1.09. The smallest absolute Gasteiger partial charge is 0.328 e. The van der Waals surface area contributed by atoms with Gasteiger partial charge in [-0.15, -0.1) is 4.75 Å². The normalized spacial score (nSPS) is 10.0. The third-order valence-electron chi connectivity index (χ3n) is 0. The van der Waals surface area contributed by atoms with E-state index in [1.165, 1.54) is 0 Å². The Bertz CT molecular complexity index is 23.0. The van der Waals surface area contributed by atoms with Gasteiger partial charge in [-0.3, -0.25) is 0 Å². The number of hydrogen-bond acceptors (Lipinski definition) is 1. The molecule has 0 saturated heterocycles. The van der Waals surface area contributed by atoms with Crippen LogP contribution in [-0.2, 0) is 22.4 Å². The van der Waals surface area contributed by atoms with Crippen LogP contribution in [0.15, 0.2) is 0 Å². The fourth-order valence-electron chi connectivity index (χ4n) is 0. The van der Waals surface area contributed by atoms with Crippen LogP contribution in [-0.4, -0.2) is 4.75 Å². The molecule has 0 atom stereocenters. The van der Waals surface area contributed by atoms with E-state index < -0.39 is 0 Å². The van der Waals surface area contributed by atoms with E-state index in [1.807, 2.05) is 13.8 Å². The van der Waals surface area contributed by atoms with Gasteiger partial charge in [-0.2, -0.15) is 0 Å². The van der Waals surface area contributed by atoms with E-state index in [9.17, 15) is 0 Å². The average molecular weight is 286 g/mol. The second-order valence-electron chi connectivity index (χ2n) is 1.81. The maximum atomic E-state index is 4.01. The number of thiol groups is 1. The van der Waals surface area contributed by atoms with Crippen LogP contribution in [0.25, 0.3) is 0 Å². The molecule has 0 radical (unpaired) electrons. The summed E-state index contributed by atoms with van der Waals surface area (Å²) in [6, 6.07) is 0. The zero-order valence-electron chi connectivity index (χ0n) is 3.96. The Balaban J connectivity index is 0. The molecular weight excluding hydrogens is 277 g/mol. The zero-order valence-corrected chi connectivity index (χ0v) is 7.02. The van der Waals surface area contributed by atoms with E-state index in [0.717, 1.165) is 0 Å². The first kappa shape index (κ1) is 10.1. The van der Waals surface area contributed by atoms with E-state index in [4.69, 9.17) is 0 Å². The van der Waals surface area contributed by atoms with Crippen molar-refractivity contribution >= 4 is 12.6 Å². The number of rotatable bonds is 0. The van der Waals surface area contributed by atoms with Crippen molar-refractivity contribution < 1.29 is 22.4 Å². The Labute approximate surface area is 60.6 Å². The van der Waals surface area contributed by atoms with Gasteiger partial charge < -0.3 is 6.92 Å². The van der Waals surface area contributed by atoms with Crippen molar-refractivity contribution in [2.75, 3.05) is 0 Å². The van der Waals surface area contributed by atoms with Crippen LogP contribution in [0.3, 0.4) is 0 Å². The fraction of sp³-hybridized carbons (Fsp3) is 0.750. The van der Waals surface area contributed by atoms with Gasteiger partial charge in [0.05, 0.1) is 0 Å². The molecule has 0 fully saturated rings. The first-order valence-corrected chi connectivity index (χ1v) is 2.02. The second-order valence-corrected chi connectivity index (χ2v) is 3.02. The van der Waals surface area contributed by atoms with Crippen LogP contribution in [0.5, 0.6) is 0 Å². The summed E-state index contributed by atoms with van der Waals surface area (Å²) >= 11 is 4.01. The van der Waals surface area contributed by atoms with Gasteiger partial charge in [-0.25, -0.2) is 12.6 Å². The van der Waals surface area contributed by atoms with E-state index in [2.05, 4.69) is 19.6 Å². The summed E-state index contributed by atoms with van der Waals surface area (Å²) in [7, 11) is 0. The van der Waals surface area contributed by atoms with Crippen molar-refractivity contribution in [2.45, 2.75) is 18.6 Å². The maximum Gasteiger partial charge on any atom is 1.00 e. The van der Waals surface area contributed by atoms with E-state index in [1.54, 1.807) is 0 Å². The minimum absolute atomic E-state index is 0. The molecule has 0 unspecified atom stereocenters. The third-order valence-corrected chi connectivity index (χ3v) is 0. The van der Waals surface area contributed by atoms with Gasteiger partial charge in [0.1, 0.15) is 0 Å². The molecule has 6 heavy (non-hydrogen) atoms. The summed E-state index contributed by atoms with van der Waals surface area (Å²) in [5.74, 6) is 0. The van der Waals surface area contributed by atoms with Crippen molar-refractivity contribution in [2.24, 2.45) is 0 Å². The predicted molar refractivity (Wildman–Crippen MR) is 28.4 cm³/mol. The van der Waals surface area contributed by atoms with Crippen molar-refractivity contribution in [1.82, 2.24) is 0 Å². The molecule has 0 aromatic carbocycles. The molecule has 0 bridgehead atoms. The molecule has 0 saturated carbocycles. The summed E-state index contributed by atoms with van der Waals surface area (Å²) in [5.41, 5.74) is 0. The molecule has 0 aromatic heterocycles. The van der Waals surface area contributed by atoms with E-state index in [-0.39, 0.29) is 27.1 Å². The van der Waals surface area contributed by atoms with Crippen LogP contribution >= 0.6 is 12.6 Å². The van der Waals surface area contributed by atoms with Crippen molar-refractivity contribution in [3.63, 3.8) is 0 Å². The van der Waals surface area contributed by atoms with Crippen LogP contribution in [0.1, 0.15) is 13.8 Å². The topological polar surface area (TPSA) is 0 Å². The summed E-state index contributed by atoms with van der Waals surface area (Å²) in [5, 5.41) is 0. The molecule has 0 N–H and O–H groups in total. The molecule has 0 rings (SSSR count). The second kappa shape index (κ2) is 3.14. The zero-order chi connectivity index (χ0) is 4.50. The summed E-state index contributed by atoms with van der Waals surface area (Å²) in [6.07, 6.45) is 0. The Kier molecular flexibility index (Phi) is 5.31. The Morgan fingerprint density at radius 3 is 1.50 bits per heavy atom. The van der Waals surface area contributed by atoms with Crippen molar-refractivity contribution in [1.29, 1.82) is 0 Å². The largest absolute Gasteiger partial charge is 1.00 e. The van der Waals surface area contributed by atoms with Gasteiger partial charge >= 0.3 is 22.4 Å². The number of hydrogen-bond donors (Lipinski definition) is 1. The molecule has 0 heterocycles. The molecule has 0 aliphatic carbocycles. The van der Waals surface area contributed by atoms with E-state index in [0.29, 0.717) is 0 Å². The maximum absolute atomic E-state index is 4.01. The van der Waals surface area contributed by atoms with E-state index >= 15 is 0 Å². The Morgan fingerprint density at radius 2 is 1.50 bits per heavy atom. The van der Waals surface area contributed by atoms with Crippen molar-refractivity contribution in [3.05, 3.63) is 6.92 Å². The molecule has 0 spiro atoms. The van der Waals surface area contributed by atoms with Gasteiger partial charge in [0.25, 0.3) is 0 Å². The fourth-order valence-corrected chi connectivity index (χ4v) is 0. The van der Waals surface area contributed by atoms with Crippen molar-refractivity contribution in [3.8, 4) is 0 Å². The van der Waals surface area contributed by atoms with Gasteiger partial charge in [0.15, 0.2) is 0 Å². The van der Waals surface area contributed by atoms with Gasteiger partial charge in [-0.05, 0) is 0 Å². The first-order chi connectivity index (χ1) is 2.00. The molecule has 42 valence electrons. The van der Waals surface area contributed by atoms with Gasteiger partial charge in [0, 0.05) is 0 Å². The SMILES string of the molecule is [Au+].[CH2-]C(C)(C)S. The molecule has 0 aliphatic heterocycles. The quantitative estimate of drug-likeness (QED) is 0.390. The molecule has 0 aromatic rings. The standard InChI is InChI=1S/C4H9S.Au/c1-4(2,3)5;/h5H,1H2,2-3H3;/q-1;+1. The molecule has 0 amide bonds. The van der Waals surface area contributed by atoms with Gasteiger partial charge in [0.2, 0.25) is 0 Å². The van der Waals surface area contributed by atoms with Crippen LogP contribution in [0, 0.1) is 6.92 Å². The molecule has 0 aliphatic rings. The molecule has 2 heteroatoms. The summed E-state index contributed by atoms with van der Waals surface area (Å²) in [6.45, 7) is 7.52. The van der Waals surface area contributed by atoms with Crippen LogP contribution < -0.4 is 0 Å². The summed E-state index contributed by atoms with van der Waals surface area (Å²) in [4.78, 5) is 0.